The van der Waals surface area contributed by atoms with Crippen molar-refractivity contribution in [2.45, 2.75) is 55.3 Å². The molecule has 0 saturated heterocycles. The molecule has 0 radical (unpaired) electrons. The third-order valence-electron chi connectivity index (χ3n) is 4.43. The van der Waals surface area contributed by atoms with E-state index in [1.165, 1.54) is 48.0 Å². The molecule has 1 aromatic carbocycles. The monoisotopic (exact) mass is 288 g/mol. The summed E-state index contributed by atoms with van der Waals surface area (Å²) in [4.78, 5) is 3.52. The molecule has 1 aromatic heterocycles. The Labute approximate surface area is 125 Å². The molecule has 0 bridgehead atoms. The van der Waals surface area contributed by atoms with Crippen molar-refractivity contribution in [2.75, 3.05) is 0 Å². The molecule has 0 aliphatic heterocycles. The summed E-state index contributed by atoms with van der Waals surface area (Å²) in [5.41, 5.74) is 7.57. The number of aromatic nitrogens is 1. The van der Waals surface area contributed by atoms with Gasteiger partial charge < -0.3 is 10.7 Å². The van der Waals surface area contributed by atoms with Gasteiger partial charge in [0.2, 0.25) is 0 Å². The first-order valence-corrected chi connectivity index (χ1v) is 8.64. The number of fused-ring (bicyclic) bond motifs is 1. The number of hydrogen-bond donors (Lipinski definition) is 2. The molecular formula is C17H24N2S. The van der Waals surface area contributed by atoms with Crippen molar-refractivity contribution in [3.05, 3.63) is 30.3 Å². The van der Waals surface area contributed by atoms with E-state index in [1.807, 2.05) is 11.8 Å². The van der Waals surface area contributed by atoms with Crippen molar-refractivity contribution >= 4 is 22.7 Å². The van der Waals surface area contributed by atoms with Gasteiger partial charge in [0.25, 0.3) is 0 Å². The van der Waals surface area contributed by atoms with Gasteiger partial charge in [-0.25, -0.2) is 0 Å². The Kier molecular flexibility index (Phi) is 4.37. The van der Waals surface area contributed by atoms with Crippen LogP contribution in [0.2, 0.25) is 0 Å². The van der Waals surface area contributed by atoms with E-state index >= 15 is 0 Å². The van der Waals surface area contributed by atoms with Gasteiger partial charge in [0.1, 0.15) is 0 Å². The van der Waals surface area contributed by atoms with Crippen LogP contribution in [-0.2, 0) is 0 Å². The molecule has 3 rings (SSSR count). The summed E-state index contributed by atoms with van der Waals surface area (Å²) in [7, 11) is 0. The fourth-order valence-electron chi connectivity index (χ4n) is 3.31. The number of benzene rings is 1. The zero-order valence-electron chi connectivity index (χ0n) is 12.1. The number of hydrogen-bond acceptors (Lipinski definition) is 2. The van der Waals surface area contributed by atoms with E-state index in [1.54, 1.807) is 0 Å². The highest BCUT2D eigenvalue weighted by atomic mass is 32.2. The third kappa shape index (κ3) is 3.04. The van der Waals surface area contributed by atoms with Crippen LogP contribution in [0.25, 0.3) is 10.9 Å². The predicted octanol–water partition coefficient (Wildman–Crippen LogP) is 4.56. The number of rotatable bonds is 4. The van der Waals surface area contributed by atoms with E-state index in [2.05, 4.69) is 42.2 Å². The van der Waals surface area contributed by atoms with Crippen LogP contribution in [0.4, 0.5) is 0 Å². The summed E-state index contributed by atoms with van der Waals surface area (Å²) in [6.45, 7) is 2.29. The van der Waals surface area contributed by atoms with Gasteiger partial charge in [0.15, 0.2) is 0 Å². The average Bonchev–Trinajstić information content (AvgIpc) is 2.85. The van der Waals surface area contributed by atoms with Gasteiger partial charge in [-0.2, -0.15) is 0 Å². The number of H-pyrrole nitrogens is 1. The van der Waals surface area contributed by atoms with Crippen LogP contribution in [0.3, 0.4) is 0 Å². The van der Waals surface area contributed by atoms with Crippen LogP contribution in [0.15, 0.2) is 35.4 Å². The first-order valence-electron chi connectivity index (χ1n) is 7.76. The van der Waals surface area contributed by atoms with Crippen LogP contribution in [0, 0.1) is 5.92 Å². The fraction of sp³-hybridized carbons (Fsp3) is 0.529. The SMILES string of the molecule is CCCC1CCC(N)C(Sc2cc3ccccc3[nH]2)C1. The summed E-state index contributed by atoms with van der Waals surface area (Å²) in [6.07, 6.45) is 6.43. The topological polar surface area (TPSA) is 41.8 Å². The molecule has 3 heteroatoms. The van der Waals surface area contributed by atoms with Gasteiger partial charge in [0.05, 0.1) is 5.03 Å². The minimum Gasteiger partial charge on any atom is -0.350 e. The van der Waals surface area contributed by atoms with E-state index in [9.17, 15) is 0 Å². The molecule has 2 nitrogen and oxygen atoms in total. The summed E-state index contributed by atoms with van der Waals surface area (Å²) >= 11 is 1.95. The smallest absolute Gasteiger partial charge is 0.0735 e. The zero-order valence-corrected chi connectivity index (χ0v) is 13.0. The van der Waals surface area contributed by atoms with E-state index in [0.29, 0.717) is 11.3 Å². The Morgan fingerprint density at radius 2 is 2.15 bits per heavy atom. The molecule has 1 aliphatic carbocycles. The highest BCUT2D eigenvalue weighted by molar-refractivity contribution is 7.99. The quantitative estimate of drug-likeness (QED) is 0.866. The third-order valence-corrected chi connectivity index (χ3v) is 5.75. The standard InChI is InChI=1S/C17H24N2S/c1-2-5-12-8-9-14(18)16(10-12)20-17-11-13-6-3-4-7-15(13)19-17/h3-4,6-7,11-12,14,16,19H,2,5,8-10,18H2,1H3. The second-order valence-electron chi connectivity index (χ2n) is 6.01. The number of para-hydroxylation sites is 1. The minimum absolute atomic E-state index is 0.347. The molecule has 1 fully saturated rings. The van der Waals surface area contributed by atoms with Crippen molar-refractivity contribution in [3.8, 4) is 0 Å². The predicted molar refractivity (Wildman–Crippen MR) is 88.2 cm³/mol. The van der Waals surface area contributed by atoms with Crippen LogP contribution in [0.5, 0.6) is 0 Å². The molecule has 1 saturated carbocycles. The Hall–Kier alpha value is -0.930. The van der Waals surface area contributed by atoms with Gasteiger partial charge in [-0.1, -0.05) is 38.0 Å². The van der Waals surface area contributed by atoms with Crippen LogP contribution in [0.1, 0.15) is 39.0 Å². The summed E-state index contributed by atoms with van der Waals surface area (Å²) < 4.78 is 0. The average molecular weight is 288 g/mol. The van der Waals surface area contributed by atoms with Gasteiger partial charge in [-0.05, 0) is 37.3 Å². The molecule has 1 heterocycles. The summed E-state index contributed by atoms with van der Waals surface area (Å²) in [5, 5.41) is 3.13. The summed E-state index contributed by atoms with van der Waals surface area (Å²) in [6, 6.07) is 11.1. The van der Waals surface area contributed by atoms with Crippen LogP contribution < -0.4 is 5.73 Å². The second kappa shape index (κ2) is 6.23. The van der Waals surface area contributed by atoms with Crippen LogP contribution in [-0.4, -0.2) is 16.3 Å². The van der Waals surface area contributed by atoms with Crippen molar-refractivity contribution in [3.63, 3.8) is 0 Å². The molecule has 3 atom stereocenters. The number of nitrogens with two attached hydrogens (primary N) is 1. The maximum Gasteiger partial charge on any atom is 0.0735 e. The molecule has 3 unspecified atom stereocenters. The van der Waals surface area contributed by atoms with Gasteiger partial charge in [-0.15, -0.1) is 11.8 Å². The molecule has 1 aliphatic rings. The van der Waals surface area contributed by atoms with E-state index < -0.39 is 0 Å². The van der Waals surface area contributed by atoms with E-state index in [4.69, 9.17) is 5.73 Å². The molecule has 20 heavy (non-hydrogen) atoms. The highest BCUT2D eigenvalue weighted by Crippen LogP contribution is 2.37. The lowest BCUT2D eigenvalue weighted by Gasteiger charge is -2.33. The lowest BCUT2D eigenvalue weighted by molar-refractivity contribution is 0.317. The molecule has 108 valence electrons. The maximum atomic E-state index is 6.34. The van der Waals surface area contributed by atoms with E-state index in [-0.39, 0.29) is 0 Å². The Bertz CT molecular complexity index is 530. The zero-order chi connectivity index (χ0) is 13.9. The Morgan fingerprint density at radius 1 is 1.30 bits per heavy atom. The maximum absolute atomic E-state index is 6.34. The van der Waals surface area contributed by atoms with Crippen molar-refractivity contribution < 1.29 is 0 Å². The Balaban J connectivity index is 1.71. The molecular weight excluding hydrogens is 264 g/mol. The highest BCUT2D eigenvalue weighted by Gasteiger charge is 2.28. The summed E-state index contributed by atoms with van der Waals surface area (Å²) in [5.74, 6) is 0.877. The van der Waals surface area contributed by atoms with Gasteiger partial charge in [0, 0.05) is 22.2 Å². The lowest BCUT2D eigenvalue weighted by atomic mass is 9.83. The number of nitrogens with one attached hydrogen (secondary N) is 1. The fourth-order valence-corrected chi connectivity index (χ4v) is 4.68. The lowest BCUT2D eigenvalue weighted by Crippen LogP contribution is -2.38. The first-order chi connectivity index (χ1) is 9.76. The van der Waals surface area contributed by atoms with Crippen LogP contribution >= 0.6 is 11.8 Å². The minimum atomic E-state index is 0.347. The molecule has 3 N–H and O–H groups in total. The molecule has 2 aromatic rings. The molecule has 0 spiro atoms. The van der Waals surface area contributed by atoms with Crippen molar-refractivity contribution in [1.82, 2.24) is 4.98 Å². The van der Waals surface area contributed by atoms with Gasteiger partial charge in [-0.3, -0.25) is 0 Å². The molecule has 0 amide bonds. The number of thioether (sulfide) groups is 1. The Morgan fingerprint density at radius 3 is 2.95 bits per heavy atom. The second-order valence-corrected chi connectivity index (χ2v) is 7.29. The van der Waals surface area contributed by atoms with Crippen molar-refractivity contribution in [1.29, 1.82) is 0 Å². The first kappa shape index (κ1) is 14.0. The normalized spacial score (nSPS) is 27.0. The number of aromatic amines is 1. The van der Waals surface area contributed by atoms with Gasteiger partial charge >= 0.3 is 0 Å². The van der Waals surface area contributed by atoms with Crippen molar-refractivity contribution in [2.24, 2.45) is 11.7 Å². The van der Waals surface area contributed by atoms with E-state index in [0.717, 1.165) is 5.92 Å². The largest absolute Gasteiger partial charge is 0.350 e.